The van der Waals surface area contributed by atoms with Gasteiger partial charge in [0.1, 0.15) is 5.60 Å². The number of ether oxygens (including phenoxy) is 1. The first-order valence-electron chi connectivity index (χ1n) is 5.56. The molecule has 0 radical (unpaired) electrons. The standard InChI is InChI=1S/C13H18N2O3/c1-9(15-17)10-5-7-11(8-6-10)14-12(16)13(2,3)18-4/h5-8,17H,1-4H3,(H,14,16)/b15-9+. The number of rotatable bonds is 4. The lowest BCUT2D eigenvalue weighted by Gasteiger charge is -2.21. The van der Waals surface area contributed by atoms with Gasteiger partial charge in [0.2, 0.25) is 0 Å². The van der Waals surface area contributed by atoms with E-state index < -0.39 is 5.60 Å². The highest BCUT2D eigenvalue weighted by Gasteiger charge is 2.26. The van der Waals surface area contributed by atoms with Gasteiger partial charge in [-0.1, -0.05) is 17.3 Å². The minimum absolute atomic E-state index is 0.217. The molecule has 0 spiro atoms. The van der Waals surface area contributed by atoms with Crippen molar-refractivity contribution in [3.63, 3.8) is 0 Å². The maximum atomic E-state index is 11.8. The van der Waals surface area contributed by atoms with Crippen LogP contribution in [-0.4, -0.2) is 29.5 Å². The van der Waals surface area contributed by atoms with Gasteiger partial charge in [0, 0.05) is 12.8 Å². The van der Waals surface area contributed by atoms with Gasteiger partial charge in [0.15, 0.2) is 0 Å². The molecule has 0 bridgehead atoms. The Morgan fingerprint density at radius 2 is 1.89 bits per heavy atom. The van der Waals surface area contributed by atoms with Gasteiger partial charge in [0.25, 0.3) is 5.91 Å². The van der Waals surface area contributed by atoms with E-state index >= 15 is 0 Å². The van der Waals surface area contributed by atoms with Crippen molar-refractivity contribution >= 4 is 17.3 Å². The summed E-state index contributed by atoms with van der Waals surface area (Å²) in [6.07, 6.45) is 0. The summed E-state index contributed by atoms with van der Waals surface area (Å²) in [5.74, 6) is -0.217. The summed E-state index contributed by atoms with van der Waals surface area (Å²) in [4.78, 5) is 11.8. The molecule has 5 nitrogen and oxygen atoms in total. The van der Waals surface area contributed by atoms with Gasteiger partial charge in [-0.2, -0.15) is 0 Å². The van der Waals surface area contributed by atoms with Crippen LogP contribution >= 0.6 is 0 Å². The summed E-state index contributed by atoms with van der Waals surface area (Å²) in [5, 5.41) is 14.5. The van der Waals surface area contributed by atoms with Crippen LogP contribution in [0.25, 0.3) is 0 Å². The molecule has 0 aromatic heterocycles. The van der Waals surface area contributed by atoms with E-state index in [1.807, 2.05) is 0 Å². The monoisotopic (exact) mass is 250 g/mol. The number of amides is 1. The van der Waals surface area contributed by atoms with E-state index in [2.05, 4.69) is 10.5 Å². The van der Waals surface area contributed by atoms with Gasteiger partial charge in [0.05, 0.1) is 5.71 Å². The highest BCUT2D eigenvalue weighted by molar-refractivity contribution is 6.00. The molecule has 5 heteroatoms. The summed E-state index contributed by atoms with van der Waals surface area (Å²) < 4.78 is 5.09. The normalized spacial score (nSPS) is 12.3. The number of hydrogen-bond acceptors (Lipinski definition) is 4. The van der Waals surface area contributed by atoms with Crippen LogP contribution in [-0.2, 0) is 9.53 Å². The maximum Gasteiger partial charge on any atom is 0.256 e. The molecule has 0 aliphatic carbocycles. The average Bonchev–Trinajstić information content (AvgIpc) is 2.38. The zero-order chi connectivity index (χ0) is 13.8. The number of nitrogens with one attached hydrogen (secondary N) is 1. The third-order valence-electron chi connectivity index (χ3n) is 2.77. The molecular formula is C13H18N2O3. The third kappa shape index (κ3) is 3.30. The first kappa shape index (κ1) is 14.2. The number of anilines is 1. The number of carbonyl (C=O) groups excluding carboxylic acids is 1. The quantitative estimate of drug-likeness (QED) is 0.489. The highest BCUT2D eigenvalue weighted by Crippen LogP contribution is 2.14. The fraction of sp³-hybridized carbons (Fsp3) is 0.385. The first-order valence-corrected chi connectivity index (χ1v) is 5.56. The molecule has 0 aliphatic heterocycles. The van der Waals surface area contributed by atoms with Crippen molar-refractivity contribution in [1.29, 1.82) is 0 Å². The molecule has 1 aromatic rings. The van der Waals surface area contributed by atoms with E-state index in [1.54, 1.807) is 45.0 Å². The van der Waals surface area contributed by atoms with Crippen LogP contribution in [0, 0.1) is 0 Å². The topological polar surface area (TPSA) is 70.9 Å². The summed E-state index contributed by atoms with van der Waals surface area (Å²) in [6, 6.07) is 7.02. The molecule has 0 aliphatic rings. The third-order valence-corrected chi connectivity index (χ3v) is 2.77. The molecule has 0 heterocycles. The second kappa shape index (κ2) is 5.64. The molecule has 1 rings (SSSR count). The van der Waals surface area contributed by atoms with E-state index in [1.165, 1.54) is 7.11 Å². The van der Waals surface area contributed by atoms with Crippen molar-refractivity contribution in [2.45, 2.75) is 26.4 Å². The molecule has 0 atom stereocenters. The largest absolute Gasteiger partial charge is 0.411 e. The predicted octanol–water partition coefficient (Wildman–Crippen LogP) is 2.25. The number of nitrogens with zero attached hydrogens (tertiary/aromatic N) is 1. The smallest absolute Gasteiger partial charge is 0.256 e. The lowest BCUT2D eigenvalue weighted by molar-refractivity contribution is -0.133. The van der Waals surface area contributed by atoms with Crippen molar-refractivity contribution in [2.75, 3.05) is 12.4 Å². The summed E-state index contributed by atoms with van der Waals surface area (Å²) in [6.45, 7) is 5.08. The lowest BCUT2D eigenvalue weighted by atomic mass is 10.1. The number of oxime groups is 1. The Kier molecular flexibility index (Phi) is 4.44. The Hall–Kier alpha value is -1.88. The van der Waals surface area contributed by atoms with Crippen molar-refractivity contribution in [3.8, 4) is 0 Å². The van der Waals surface area contributed by atoms with Crippen LogP contribution in [0.4, 0.5) is 5.69 Å². The SMILES string of the molecule is COC(C)(C)C(=O)Nc1ccc(/C(C)=N/O)cc1. The second-order valence-corrected chi connectivity index (χ2v) is 4.43. The van der Waals surface area contributed by atoms with E-state index in [0.717, 1.165) is 5.56 Å². The van der Waals surface area contributed by atoms with Crippen LogP contribution in [0.5, 0.6) is 0 Å². The Balaban J connectivity index is 2.79. The molecule has 1 amide bonds. The zero-order valence-electron chi connectivity index (χ0n) is 11.0. The van der Waals surface area contributed by atoms with Crippen LogP contribution in [0.1, 0.15) is 26.3 Å². The van der Waals surface area contributed by atoms with Crippen LogP contribution in [0.15, 0.2) is 29.4 Å². The Morgan fingerprint density at radius 1 is 1.33 bits per heavy atom. The molecular weight excluding hydrogens is 232 g/mol. The van der Waals surface area contributed by atoms with Crippen molar-refractivity contribution < 1.29 is 14.7 Å². The Labute approximate surface area is 106 Å². The summed E-state index contributed by atoms with van der Waals surface area (Å²) in [7, 11) is 1.49. The van der Waals surface area contributed by atoms with Crippen LogP contribution in [0.2, 0.25) is 0 Å². The van der Waals surface area contributed by atoms with Gasteiger partial charge < -0.3 is 15.3 Å². The zero-order valence-corrected chi connectivity index (χ0v) is 11.0. The fourth-order valence-corrected chi connectivity index (χ4v) is 1.23. The van der Waals surface area contributed by atoms with Gasteiger partial charge in [-0.25, -0.2) is 0 Å². The number of hydrogen-bond donors (Lipinski definition) is 2. The molecule has 0 unspecified atom stereocenters. The second-order valence-electron chi connectivity index (χ2n) is 4.43. The fourth-order valence-electron chi connectivity index (χ4n) is 1.23. The number of carbonyl (C=O) groups is 1. The maximum absolute atomic E-state index is 11.8. The lowest BCUT2D eigenvalue weighted by Crippen LogP contribution is -2.38. The van der Waals surface area contributed by atoms with Crippen molar-refractivity contribution in [2.24, 2.45) is 5.16 Å². The van der Waals surface area contributed by atoms with Crippen molar-refractivity contribution in [3.05, 3.63) is 29.8 Å². The number of benzene rings is 1. The Bertz CT molecular complexity index is 450. The molecule has 2 N–H and O–H groups in total. The van der Waals surface area contributed by atoms with Crippen molar-refractivity contribution in [1.82, 2.24) is 0 Å². The molecule has 0 fully saturated rings. The van der Waals surface area contributed by atoms with E-state index in [0.29, 0.717) is 11.4 Å². The number of methoxy groups -OCH3 is 1. The van der Waals surface area contributed by atoms with Crippen LogP contribution in [0.3, 0.4) is 0 Å². The molecule has 18 heavy (non-hydrogen) atoms. The van der Waals surface area contributed by atoms with Gasteiger partial charge >= 0.3 is 0 Å². The molecule has 98 valence electrons. The van der Waals surface area contributed by atoms with Gasteiger partial charge in [-0.3, -0.25) is 4.79 Å². The van der Waals surface area contributed by atoms with Crippen LogP contribution < -0.4 is 5.32 Å². The summed E-state index contributed by atoms with van der Waals surface area (Å²) in [5.41, 5.74) is 1.10. The van der Waals surface area contributed by atoms with E-state index in [4.69, 9.17) is 9.94 Å². The van der Waals surface area contributed by atoms with Gasteiger partial charge in [-0.15, -0.1) is 0 Å². The molecule has 1 aromatic carbocycles. The summed E-state index contributed by atoms with van der Waals surface area (Å²) >= 11 is 0. The highest BCUT2D eigenvalue weighted by atomic mass is 16.5. The van der Waals surface area contributed by atoms with Gasteiger partial charge in [-0.05, 0) is 38.5 Å². The Morgan fingerprint density at radius 3 is 2.33 bits per heavy atom. The van der Waals surface area contributed by atoms with E-state index in [-0.39, 0.29) is 5.91 Å². The molecule has 0 saturated carbocycles. The molecule has 0 saturated heterocycles. The first-order chi connectivity index (χ1) is 8.40. The predicted molar refractivity (Wildman–Crippen MR) is 70.2 cm³/mol. The minimum atomic E-state index is -0.874. The minimum Gasteiger partial charge on any atom is -0.411 e. The average molecular weight is 250 g/mol. The van der Waals surface area contributed by atoms with E-state index in [9.17, 15) is 4.79 Å².